The van der Waals surface area contributed by atoms with Crippen molar-refractivity contribution in [3.63, 3.8) is 0 Å². The van der Waals surface area contributed by atoms with Gasteiger partial charge in [-0.25, -0.2) is 4.98 Å². The second kappa shape index (κ2) is 8.73. The molecular formula is C20H25N5O2S2. The quantitative estimate of drug-likeness (QED) is 0.596. The highest BCUT2D eigenvalue weighted by molar-refractivity contribution is 7.15. The van der Waals surface area contributed by atoms with Crippen LogP contribution >= 0.6 is 22.7 Å². The maximum atomic E-state index is 12.5. The van der Waals surface area contributed by atoms with Crippen molar-refractivity contribution in [2.75, 3.05) is 26.2 Å². The fraction of sp³-hybridized carbons (Fsp3) is 0.500. The Bertz CT molecular complexity index is 985. The molecule has 1 aliphatic rings. The zero-order valence-corrected chi connectivity index (χ0v) is 18.6. The van der Waals surface area contributed by atoms with Gasteiger partial charge in [-0.05, 0) is 31.9 Å². The highest BCUT2D eigenvalue weighted by Gasteiger charge is 2.23. The molecule has 0 aliphatic carbocycles. The molecule has 3 aromatic rings. The molecule has 0 saturated carbocycles. The molecule has 0 aromatic carbocycles. The predicted molar refractivity (Wildman–Crippen MR) is 114 cm³/mol. The summed E-state index contributed by atoms with van der Waals surface area (Å²) in [5.74, 6) is 1.38. The van der Waals surface area contributed by atoms with Crippen molar-refractivity contribution in [1.29, 1.82) is 0 Å². The molecular weight excluding hydrogens is 406 g/mol. The van der Waals surface area contributed by atoms with Crippen molar-refractivity contribution in [1.82, 2.24) is 25.0 Å². The van der Waals surface area contributed by atoms with E-state index in [-0.39, 0.29) is 5.91 Å². The van der Waals surface area contributed by atoms with Crippen molar-refractivity contribution < 1.29 is 9.21 Å². The zero-order valence-electron chi connectivity index (χ0n) is 17.0. The average Bonchev–Trinajstić information content (AvgIpc) is 3.42. The van der Waals surface area contributed by atoms with Gasteiger partial charge in [-0.15, -0.1) is 32.9 Å². The lowest BCUT2D eigenvalue weighted by Crippen LogP contribution is -2.48. The zero-order chi connectivity index (χ0) is 20.4. The molecule has 154 valence electrons. The summed E-state index contributed by atoms with van der Waals surface area (Å²) in [6.45, 7) is 9.89. The number of carbonyl (C=O) groups is 1. The van der Waals surface area contributed by atoms with Gasteiger partial charge in [0, 0.05) is 42.1 Å². The minimum Gasteiger partial charge on any atom is -0.419 e. The minimum atomic E-state index is 0.152. The van der Waals surface area contributed by atoms with Gasteiger partial charge in [0.05, 0.1) is 17.8 Å². The molecule has 0 atom stereocenters. The number of amides is 1. The summed E-state index contributed by atoms with van der Waals surface area (Å²) in [7, 11) is 0. The monoisotopic (exact) mass is 431 g/mol. The van der Waals surface area contributed by atoms with Crippen LogP contribution in [-0.4, -0.2) is 57.1 Å². The molecule has 29 heavy (non-hydrogen) atoms. The van der Waals surface area contributed by atoms with Crippen LogP contribution in [0.3, 0.4) is 0 Å². The topological polar surface area (TPSA) is 75.4 Å². The number of hydrogen-bond donors (Lipinski definition) is 0. The summed E-state index contributed by atoms with van der Waals surface area (Å²) < 4.78 is 5.90. The number of thiophene rings is 1. The molecule has 0 N–H and O–H groups in total. The van der Waals surface area contributed by atoms with E-state index in [0.717, 1.165) is 35.1 Å². The van der Waals surface area contributed by atoms with Crippen molar-refractivity contribution in [3.05, 3.63) is 38.5 Å². The fourth-order valence-electron chi connectivity index (χ4n) is 3.47. The van der Waals surface area contributed by atoms with Crippen LogP contribution in [-0.2, 0) is 24.2 Å². The third-order valence-electron chi connectivity index (χ3n) is 5.07. The van der Waals surface area contributed by atoms with E-state index in [2.05, 4.69) is 40.0 Å². The smallest absolute Gasteiger partial charge is 0.257 e. The van der Waals surface area contributed by atoms with Gasteiger partial charge in [-0.3, -0.25) is 9.69 Å². The Balaban J connectivity index is 1.29. The Kier molecular flexibility index (Phi) is 6.07. The van der Waals surface area contributed by atoms with Crippen LogP contribution in [0.5, 0.6) is 0 Å². The number of thiazole rings is 1. The number of piperazine rings is 1. The number of rotatable bonds is 6. The first-order valence-electron chi connectivity index (χ1n) is 9.85. The molecule has 1 fully saturated rings. The summed E-state index contributed by atoms with van der Waals surface area (Å²) in [5.41, 5.74) is 2.26. The van der Waals surface area contributed by atoms with Gasteiger partial charge in [0.25, 0.3) is 5.89 Å². The fourth-order valence-corrected chi connectivity index (χ4v) is 5.26. The first kappa shape index (κ1) is 20.2. The molecule has 0 radical (unpaired) electrons. The summed E-state index contributed by atoms with van der Waals surface area (Å²) in [4.78, 5) is 23.4. The summed E-state index contributed by atoms with van der Waals surface area (Å²) in [6.07, 6.45) is 1.41. The molecule has 9 heteroatoms. The molecule has 4 heterocycles. The number of hydrogen-bond acceptors (Lipinski definition) is 8. The molecule has 0 unspecified atom stereocenters. The van der Waals surface area contributed by atoms with E-state index in [1.165, 1.54) is 10.4 Å². The van der Waals surface area contributed by atoms with E-state index in [4.69, 9.17) is 4.42 Å². The Labute approximate surface area is 178 Å². The van der Waals surface area contributed by atoms with Gasteiger partial charge in [0.2, 0.25) is 11.8 Å². The van der Waals surface area contributed by atoms with Crippen molar-refractivity contribution in [3.8, 4) is 10.8 Å². The Morgan fingerprint density at radius 1 is 1.21 bits per heavy atom. The minimum absolute atomic E-state index is 0.152. The lowest BCUT2D eigenvalue weighted by molar-refractivity contribution is -0.132. The third kappa shape index (κ3) is 4.73. The number of nitrogens with zero attached hydrogens (tertiary/aromatic N) is 5. The highest BCUT2D eigenvalue weighted by Crippen LogP contribution is 2.30. The van der Waals surface area contributed by atoms with Crippen LogP contribution in [0.25, 0.3) is 10.8 Å². The van der Waals surface area contributed by atoms with E-state index >= 15 is 0 Å². The highest BCUT2D eigenvalue weighted by atomic mass is 32.1. The normalized spacial score (nSPS) is 15.2. The third-order valence-corrected chi connectivity index (χ3v) is 7.41. The van der Waals surface area contributed by atoms with E-state index in [1.807, 2.05) is 17.2 Å². The molecule has 3 aromatic heterocycles. The molecule has 0 spiro atoms. The van der Waals surface area contributed by atoms with E-state index in [0.29, 0.717) is 37.8 Å². The largest absolute Gasteiger partial charge is 0.419 e. The molecule has 4 rings (SSSR count). The van der Waals surface area contributed by atoms with Crippen LogP contribution in [0.15, 0.2) is 15.9 Å². The van der Waals surface area contributed by atoms with Crippen LogP contribution in [0.4, 0.5) is 0 Å². The van der Waals surface area contributed by atoms with E-state index in [1.54, 1.807) is 22.7 Å². The standard InChI is InChI=1S/C20H25N5O2S2/c1-4-15-13(2)9-16(29-15)20-23-22-17(27-20)11-24-5-7-25(8-6-24)19(26)10-18-21-14(3)12-28-18/h9,12H,4-8,10-11H2,1-3H3. The second-order valence-corrected chi connectivity index (χ2v) is 9.37. The van der Waals surface area contributed by atoms with Crippen LogP contribution in [0.1, 0.15) is 34.0 Å². The number of carbonyl (C=O) groups excluding carboxylic acids is 1. The Morgan fingerprint density at radius 3 is 2.66 bits per heavy atom. The number of aromatic nitrogens is 3. The van der Waals surface area contributed by atoms with Crippen LogP contribution in [0, 0.1) is 13.8 Å². The summed E-state index contributed by atoms with van der Waals surface area (Å²) in [6, 6.07) is 2.12. The molecule has 1 amide bonds. The summed E-state index contributed by atoms with van der Waals surface area (Å²) >= 11 is 3.27. The van der Waals surface area contributed by atoms with Crippen molar-refractivity contribution in [2.45, 2.75) is 40.2 Å². The lowest BCUT2D eigenvalue weighted by Gasteiger charge is -2.33. The van der Waals surface area contributed by atoms with Crippen LogP contribution in [0.2, 0.25) is 0 Å². The lowest BCUT2D eigenvalue weighted by atomic mass is 10.2. The molecule has 0 bridgehead atoms. The Morgan fingerprint density at radius 2 is 2.00 bits per heavy atom. The van der Waals surface area contributed by atoms with Gasteiger partial charge >= 0.3 is 0 Å². The van der Waals surface area contributed by atoms with E-state index < -0.39 is 0 Å². The molecule has 1 saturated heterocycles. The van der Waals surface area contributed by atoms with Gasteiger partial charge in [0.15, 0.2) is 0 Å². The summed E-state index contributed by atoms with van der Waals surface area (Å²) in [5, 5.41) is 11.3. The van der Waals surface area contributed by atoms with E-state index in [9.17, 15) is 4.79 Å². The van der Waals surface area contributed by atoms with Crippen molar-refractivity contribution in [2.24, 2.45) is 0 Å². The maximum absolute atomic E-state index is 12.5. The van der Waals surface area contributed by atoms with Gasteiger partial charge in [0.1, 0.15) is 5.01 Å². The predicted octanol–water partition coefficient (Wildman–Crippen LogP) is 3.32. The molecule has 1 aliphatic heterocycles. The van der Waals surface area contributed by atoms with Crippen LogP contribution < -0.4 is 0 Å². The van der Waals surface area contributed by atoms with Crippen molar-refractivity contribution >= 4 is 28.6 Å². The molecule has 7 nitrogen and oxygen atoms in total. The second-order valence-electron chi connectivity index (χ2n) is 7.29. The first-order chi connectivity index (χ1) is 14.0. The SMILES string of the molecule is CCc1sc(-c2nnc(CN3CCN(C(=O)Cc4nc(C)cs4)CC3)o2)cc1C. The first-order valence-corrected chi connectivity index (χ1v) is 11.5. The number of aryl methyl sites for hydroxylation is 3. The van der Waals surface area contributed by atoms with Gasteiger partial charge < -0.3 is 9.32 Å². The Hall–Kier alpha value is -2.10. The van der Waals surface area contributed by atoms with Gasteiger partial charge in [-0.2, -0.15) is 0 Å². The maximum Gasteiger partial charge on any atom is 0.257 e. The van der Waals surface area contributed by atoms with Gasteiger partial charge in [-0.1, -0.05) is 6.92 Å². The average molecular weight is 432 g/mol.